The highest BCUT2D eigenvalue weighted by Crippen LogP contribution is 2.43. The average molecular weight is 428 g/mol. The van der Waals surface area contributed by atoms with Crippen molar-refractivity contribution in [1.82, 2.24) is 4.90 Å². The average Bonchev–Trinajstić information content (AvgIpc) is 3.13. The molecule has 1 heterocycles. The Kier molecular flexibility index (Phi) is 5.65. The Morgan fingerprint density at radius 2 is 1.72 bits per heavy atom. The van der Waals surface area contributed by atoms with Gasteiger partial charge in [-0.05, 0) is 17.2 Å². The van der Waals surface area contributed by atoms with Crippen molar-refractivity contribution in [3.8, 4) is 16.9 Å². The van der Waals surface area contributed by atoms with Crippen LogP contribution in [0.25, 0.3) is 11.1 Å². The molecule has 0 fully saturated rings. The van der Waals surface area contributed by atoms with Crippen molar-refractivity contribution in [1.29, 1.82) is 0 Å². The number of benzene rings is 3. The Labute approximate surface area is 179 Å². The first kappa shape index (κ1) is 19.6. The van der Waals surface area contributed by atoms with E-state index in [9.17, 15) is 9.90 Å². The predicted octanol–water partition coefficient (Wildman–Crippen LogP) is 6.14. The van der Waals surface area contributed by atoms with Gasteiger partial charge in [0.15, 0.2) is 0 Å². The Morgan fingerprint density at radius 3 is 2.48 bits per heavy atom. The topological polar surface area (TPSA) is 49.8 Å². The van der Waals surface area contributed by atoms with Crippen LogP contribution in [-0.4, -0.2) is 28.7 Å². The zero-order chi connectivity index (χ0) is 20.4. The van der Waals surface area contributed by atoms with Gasteiger partial charge in [-0.25, -0.2) is 4.79 Å². The standard InChI is InChI=1S/C23H19Cl2NO3/c24-20-11-5-9-18(21(20)25)19-10-4-8-16-12-17(29-22(16)19)14-26(23(27)28)13-15-6-2-1-3-7-15/h1-11,17H,12-14H2,(H,27,28). The summed E-state index contributed by atoms with van der Waals surface area (Å²) in [6, 6.07) is 20.9. The minimum atomic E-state index is -0.966. The lowest BCUT2D eigenvalue weighted by Gasteiger charge is -2.23. The third-order valence-electron chi connectivity index (χ3n) is 4.98. The van der Waals surface area contributed by atoms with Gasteiger partial charge in [-0.1, -0.05) is 83.9 Å². The summed E-state index contributed by atoms with van der Waals surface area (Å²) in [6.45, 7) is 0.598. The van der Waals surface area contributed by atoms with Crippen molar-refractivity contribution in [3.05, 3.63) is 87.9 Å². The van der Waals surface area contributed by atoms with Gasteiger partial charge in [0.25, 0.3) is 0 Å². The first-order valence-electron chi connectivity index (χ1n) is 9.27. The number of para-hydroxylation sites is 1. The zero-order valence-corrected chi connectivity index (χ0v) is 17.0. The molecule has 0 radical (unpaired) electrons. The fraction of sp³-hybridized carbons (Fsp3) is 0.174. The molecule has 1 aliphatic rings. The molecule has 29 heavy (non-hydrogen) atoms. The lowest BCUT2D eigenvalue weighted by molar-refractivity contribution is 0.113. The number of halogens is 2. The van der Waals surface area contributed by atoms with Gasteiger partial charge in [0, 0.05) is 24.1 Å². The second-order valence-electron chi connectivity index (χ2n) is 6.99. The number of amides is 1. The van der Waals surface area contributed by atoms with E-state index in [-0.39, 0.29) is 12.6 Å². The summed E-state index contributed by atoms with van der Waals surface area (Å²) in [5.74, 6) is 0.742. The molecule has 1 N–H and O–H groups in total. The van der Waals surface area contributed by atoms with Crippen molar-refractivity contribution in [2.45, 2.75) is 19.1 Å². The zero-order valence-electron chi connectivity index (χ0n) is 15.5. The molecule has 1 unspecified atom stereocenters. The molecular formula is C23H19Cl2NO3. The molecule has 4 rings (SSSR count). The van der Waals surface area contributed by atoms with Crippen LogP contribution in [0.2, 0.25) is 10.0 Å². The molecule has 4 nitrogen and oxygen atoms in total. The molecule has 3 aromatic carbocycles. The minimum absolute atomic E-state index is 0.260. The summed E-state index contributed by atoms with van der Waals surface area (Å²) in [7, 11) is 0. The molecule has 0 saturated carbocycles. The van der Waals surface area contributed by atoms with Crippen LogP contribution >= 0.6 is 23.2 Å². The van der Waals surface area contributed by atoms with Crippen LogP contribution in [0.5, 0.6) is 5.75 Å². The molecule has 1 amide bonds. The molecule has 0 aromatic heterocycles. The summed E-state index contributed by atoms with van der Waals surface area (Å²) in [6.07, 6.45) is -0.588. The van der Waals surface area contributed by atoms with Crippen molar-refractivity contribution in [2.75, 3.05) is 6.54 Å². The van der Waals surface area contributed by atoms with Crippen LogP contribution in [-0.2, 0) is 13.0 Å². The quantitative estimate of drug-likeness (QED) is 0.531. The van der Waals surface area contributed by atoms with Gasteiger partial charge in [-0.3, -0.25) is 0 Å². The van der Waals surface area contributed by atoms with Gasteiger partial charge >= 0.3 is 6.09 Å². The van der Waals surface area contributed by atoms with Gasteiger partial charge in [-0.15, -0.1) is 0 Å². The van der Waals surface area contributed by atoms with Crippen LogP contribution in [0.1, 0.15) is 11.1 Å². The Bertz CT molecular complexity index is 1040. The first-order chi connectivity index (χ1) is 14.0. The Morgan fingerprint density at radius 1 is 1.00 bits per heavy atom. The van der Waals surface area contributed by atoms with E-state index in [0.717, 1.165) is 28.0 Å². The Hall–Kier alpha value is -2.69. The van der Waals surface area contributed by atoms with Crippen molar-refractivity contribution in [2.24, 2.45) is 0 Å². The number of hydrogen-bond acceptors (Lipinski definition) is 2. The largest absolute Gasteiger partial charge is 0.487 e. The molecule has 148 valence electrons. The predicted molar refractivity (Wildman–Crippen MR) is 115 cm³/mol. The normalized spacial score (nSPS) is 14.9. The number of rotatable bonds is 5. The molecule has 0 spiro atoms. The second kappa shape index (κ2) is 8.36. The summed E-state index contributed by atoms with van der Waals surface area (Å²) in [5, 5.41) is 10.6. The summed E-state index contributed by atoms with van der Waals surface area (Å²) < 4.78 is 6.20. The molecule has 1 atom stereocenters. The van der Waals surface area contributed by atoms with E-state index in [0.29, 0.717) is 23.0 Å². The van der Waals surface area contributed by atoms with Crippen LogP contribution in [0.4, 0.5) is 4.79 Å². The lowest BCUT2D eigenvalue weighted by Crippen LogP contribution is -2.37. The maximum Gasteiger partial charge on any atom is 0.407 e. The number of hydrogen-bond donors (Lipinski definition) is 1. The Balaban J connectivity index is 1.56. The molecule has 6 heteroatoms. The fourth-order valence-electron chi connectivity index (χ4n) is 3.62. The van der Waals surface area contributed by atoms with E-state index in [1.807, 2.05) is 60.7 Å². The molecular weight excluding hydrogens is 409 g/mol. The summed E-state index contributed by atoms with van der Waals surface area (Å²) >= 11 is 12.6. The van der Waals surface area contributed by atoms with Gasteiger partial charge < -0.3 is 14.7 Å². The van der Waals surface area contributed by atoms with Crippen LogP contribution < -0.4 is 4.74 Å². The van der Waals surface area contributed by atoms with Crippen molar-refractivity contribution >= 4 is 29.3 Å². The number of carbonyl (C=O) groups is 1. The number of ether oxygens (including phenoxy) is 1. The van der Waals surface area contributed by atoms with E-state index in [1.165, 1.54) is 4.90 Å². The highest BCUT2D eigenvalue weighted by molar-refractivity contribution is 6.43. The van der Waals surface area contributed by atoms with E-state index in [2.05, 4.69) is 0 Å². The van der Waals surface area contributed by atoms with Gasteiger partial charge in [0.05, 0.1) is 16.6 Å². The first-order valence-corrected chi connectivity index (χ1v) is 10.0. The van der Waals surface area contributed by atoms with Crippen LogP contribution in [0.3, 0.4) is 0 Å². The van der Waals surface area contributed by atoms with Crippen molar-refractivity contribution < 1.29 is 14.6 Å². The highest BCUT2D eigenvalue weighted by atomic mass is 35.5. The molecule has 0 saturated heterocycles. The molecule has 3 aromatic rings. The number of nitrogens with zero attached hydrogens (tertiary/aromatic N) is 1. The van der Waals surface area contributed by atoms with E-state index in [4.69, 9.17) is 27.9 Å². The summed E-state index contributed by atoms with van der Waals surface area (Å²) in [4.78, 5) is 13.2. The van der Waals surface area contributed by atoms with Gasteiger partial charge in [-0.2, -0.15) is 0 Å². The van der Waals surface area contributed by atoms with Crippen LogP contribution in [0.15, 0.2) is 66.7 Å². The van der Waals surface area contributed by atoms with E-state index in [1.54, 1.807) is 6.07 Å². The maximum absolute atomic E-state index is 11.8. The third-order valence-corrected chi connectivity index (χ3v) is 5.80. The van der Waals surface area contributed by atoms with E-state index < -0.39 is 6.09 Å². The lowest BCUT2D eigenvalue weighted by atomic mass is 10.0. The monoisotopic (exact) mass is 427 g/mol. The number of fused-ring (bicyclic) bond motifs is 1. The molecule has 0 bridgehead atoms. The van der Waals surface area contributed by atoms with E-state index >= 15 is 0 Å². The van der Waals surface area contributed by atoms with Gasteiger partial charge in [0.2, 0.25) is 0 Å². The van der Waals surface area contributed by atoms with Crippen LogP contribution in [0, 0.1) is 0 Å². The molecule has 1 aliphatic heterocycles. The minimum Gasteiger partial charge on any atom is -0.487 e. The second-order valence-corrected chi connectivity index (χ2v) is 7.77. The summed E-state index contributed by atoms with van der Waals surface area (Å²) in [5.41, 5.74) is 3.64. The fourth-order valence-corrected chi connectivity index (χ4v) is 4.03. The highest BCUT2D eigenvalue weighted by Gasteiger charge is 2.29. The SMILES string of the molecule is O=C(O)N(Cc1ccccc1)CC1Cc2cccc(-c3cccc(Cl)c3Cl)c2O1. The maximum atomic E-state index is 11.8. The third kappa shape index (κ3) is 4.19. The number of carboxylic acid groups (broad SMARTS) is 1. The van der Waals surface area contributed by atoms with Gasteiger partial charge in [0.1, 0.15) is 11.9 Å². The smallest absolute Gasteiger partial charge is 0.407 e. The van der Waals surface area contributed by atoms with Crippen molar-refractivity contribution in [3.63, 3.8) is 0 Å². The molecule has 0 aliphatic carbocycles.